The second kappa shape index (κ2) is 4.04. The second-order valence-electron chi connectivity index (χ2n) is 5.38. The lowest BCUT2D eigenvalue weighted by Gasteiger charge is -2.10. The molecule has 0 fully saturated rings. The van der Waals surface area contributed by atoms with Gasteiger partial charge in [0.15, 0.2) is 0 Å². The molecule has 0 atom stereocenters. The molecule has 0 saturated heterocycles. The van der Waals surface area contributed by atoms with Gasteiger partial charge in [-0.2, -0.15) is 0 Å². The first-order chi connectivity index (χ1) is 9.75. The number of nitrogens with zero attached hydrogens (tertiary/aromatic N) is 1. The van der Waals surface area contributed by atoms with Crippen molar-refractivity contribution >= 4 is 22.1 Å². The van der Waals surface area contributed by atoms with E-state index in [4.69, 9.17) is 4.99 Å². The lowest BCUT2D eigenvalue weighted by Crippen LogP contribution is -1.98. The van der Waals surface area contributed by atoms with Crippen LogP contribution in [0.15, 0.2) is 76.5 Å². The third-order valence-corrected chi connectivity index (χ3v) is 4.10. The van der Waals surface area contributed by atoms with Crippen molar-refractivity contribution in [2.75, 3.05) is 0 Å². The molecule has 1 heteroatoms. The second-order valence-corrected chi connectivity index (χ2v) is 5.38. The van der Waals surface area contributed by atoms with Gasteiger partial charge in [-0.1, -0.05) is 54.6 Å². The SMILES string of the molecule is CC1=CC=C2C1=NC(C)=C2c1cccc2ccccc12. The van der Waals surface area contributed by atoms with Gasteiger partial charge in [0, 0.05) is 16.8 Å². The summed E-state index contributed by atoms with van der Waals surface area (Å²) < 4.78 is 0. The van der Waals surface area contributed by atoms with E-state index in [9.17, 15) is 0 Å². The Hall–Kier alpha value is -2.41. The van der Waals surface area contributed by atoms with Crippen LogP contribution < -0.4 is 0 Å². The predicted octanol–water partition coefficient (Wildman–Crippen LogP) is 4.91. The number of allylic oxidation sites excluding steroid dienone is 6. The first-order valence-electron chi connectivity index (χ1n) is 6.93. The van der Waals surface area contributed by atoms with E-state index in [1.807, 2.05) is 0 Å². The molecule has 0 spiro atoms. The molecule has 0 amide bonds. The molecule has 0 aromatic heterocycles. The summed E-state index contributed by atoms with van der Waals surface area (Å²) in [5.41, 5.74) is 7.37. The summed E-state index contributed by atoms with van der Waals surface area (Å²) in [7, 11) is 0. The van der Waals surface area contributed by atoms with Crippen LogP contribution >= 0.6 is 0 Å². The zero-order valence-corrected chi connectivity index (χ0v) is 11.6. The first-order valence-corrected chi connectivity index (χ1v) is 6.93. The molecule has 96 valence electrons. The summed E-state index contributed by atoms with van der Waals surface area (Å²) in [6, 6.07) is 15.0. The van der Waals surface area contributed by atoms with Gasteiger partial charge in [0.25, 0.3) is 0 Å². The van der Waals surface area contributed by atoms with Gasteiger partial charge in [0.05, 0.1) is 5.71 Å². The fraction of sp³-hybridized carbons (Fsp3) is 0.105. The largest absolute Gasteiger partial charge is 0.252 e. The standard InChI is InChI=1S/C19H15N/c1-12-10-11-17-18(13(2)20-19(12)17)16-9-5-7-14-6-3-4-8-15(14)16/h3-11H,1-2H3. The zero-order valence-electron chi connectivity index (χ0n) is 11.6. The van der Waals surface area contributed by atoms with Crippen LogP contribution in [0.2, 0.25) is 0 Å². The molecule has 2 aromatic carbocycles. The van der Waals surface area contributed by atoms with Gasteiger partial charge in [0.2, 0.25) is 0 Å². The molecule has 0 saturated carbocycles. The highest BCUT2D eigenvalue weighted by Crippen LogP contribution is 2.40. The molecule has 1 nitrogen and oxygen atoms in total. The average Bonchev–Trinajstić information content (AvgIpc) is 2.98. The van der Waals surface area contributed by atoms with Crippen molar-refractivity contribution in [3.63, 3.8) is 0 Å². The molecular formula is C19H15N. The van der Waals surface area contributed by atoms with Crippen LogP contribution in [-0.2, 0) is 0 Å². The number of benzene rings is 2. The molecule has 0 N–H and O–H groups in total. The summed E-state index contributed by atoms with van der Waals surface area (Å²) in [6.45, 7) is 4.23. The minimum absolute atomic E-state index is 1.12. The molecule has 1 aliphatic heterocycles. The Morgan fingerprint density at radius 2 is 1.65 bits per heavy atom. The van der Waals surface area contributed by atoms with Crippen LogP contribution in [0.25, 0.3) is 16.3 Å². The van der Waals surface area contributed by atoms with Crippen molar-refractivity contribution in [2.45, 2.75) is 13.8 Å². The fourth-order valence-electron chi connectivity index (χ4n) is 3.13. The van der Waals surface area contributed by atoms with Gasteiger partial charge in [-0.05, 0) is 35.8 Å². The number of fused-ring (bicyclic) bond motifs is 2. The molecule has 0 unspecified atom stereocenters. The molecule has 20 heavy (non-hydrogen) atoms. The van der Waals surface area contributed by atoms with Crippen molar-refractivity contribution in [3.05, 3.63) is 77.0 Å². The summed E-state index contributed by atoms with van der Waals surface area (Å²) in [4.78, 5) is 4.76. The number of aliphatic imine (C=N–C) groups is 1. The van der Waals surface area contributed by atoms with Gasteiger partial charge >= 0.3 is 0 Å². The minimum Gasteiger partial charge on any atom is -0.252 e. The summed E-state index contributed by atoms with van der Waals surface area (Å²) in [6.07, 6.45) is 4.35. The predicted molar refractivity (Wildman–Crippen MR) is 85.8 cm³/mol. The van der Waals surface area contributed by atoms with E-state index in [1.165, 1.54) is 33.1 Å². The number of hydrogen-bond acceptors (Lipinski definition) is 1. The van der Waals surface area contributed by atoms with E-state index >= 15 is 0 Å². The molecule has 4 rings (SSSR count). The molecule has 1 heterocycles. The Kier molecular flexibility index (Phi) is 2.31. The lowest BCUT2D eigenvalue weighted by molar-refractivity contribution is 1.34. The smallest absolute Gasteiger partial charge is 0.0741 e. The van der Waals surface area contributed by atoms with Crippen LogP contribution in [0.4, 0.5) is 0 Å². The van der Waals surface area contributed by atoms with Gasteiger partial charge in [0.1, 0.15) is 0 Å². The Bertz CT molecular complexity index is 855. The summed E-state index contributed by atoms with van der Waals surface area (Å²) >= 11 is 0. The van der Waals surface area contributed by atoms with Gasteiger partial charge in [-0.15, -0.1) is 0 Å². The highest BCUT2D eigenvalue weighted by molar-refractivity contribution is 6.28. The monoisotopic (exact) mass is 257 g/mol. The maximum atomic E-state index is 4.76. The Balaban J connectivity index is 1.96. The fourth-order valence-corrected chi connectivity index (χ4v) is 3.13. The zero-order chi connectivity index (χ0) is 13.7. The van der Waals surface area contributed by atoms with Crippen LogP contribution in [0.5, 0.6) is 0 Å². The van der Waals surface area contributed by atoms with Crippen LogP contribution in [0.1, 0.15) is 19.4 Å². The molecule has 2 aliphatic rings. The third kappa shape index (κ3) is 1.47. The highest BCUT2D eigenvalue weighted by atomic mass is 14.8. The highest BCUT2D eigenvalue weighted by Gasteiger charge is 2.26. The van der Waals surface area contributed by atoms with Gasteiger partial charge in [-0.25, -0.2) is 0 Å². The Morgan fingerprint density at radius 1 is 0.850 bits per heavy atom. The van der Waals surface area contributed by atoms with E-state index in [2.05, 4.69) is 68.5 Å². The maximum Gasteiger partial charge on any atom is 0.0741 e. The molecule has 2 aromatic rings. The van der Waals surface area contributed by atoms with Crippen molar-refractivity contribution in [3.8, 4) is 0 Å². The maximum absolute atomic E-state index is 4.76. The quantitative estimate of drug-likeness (QED) is 0.688. The van der Waals surface area contributed by atoms with Crippen molar-refractivity contribution < 1.29 is 0 Å². The molecule has 1 aliphatic carbocycles. The van der Waals surface area contributed by atoms with E-state index < -0.39 is 0 Å². The van der Waals surface area contributed by atoms with Crippen LogP contribution in [-0.4, -0.2) is 5.71 Å². The average molecular weight is 257 g/mol. The molecule has 0 bridgehead atoms. The third-order valence-electron chi connectivity index (χ3n) is 4.10. The summed E-state index contributed by atoms with van der Waals surface area (Å²) in [5.74, 6) is 0. The topological polar surface area (TPSA) is 12.4 Å². The lowest BCUT2D eigenvalue weighted by atomic mass is 9.92. The van der Waals surface area contributed by atoms with E-state index in [-0.39, 0.29) is 0 Å². The van der Waals surface area contributed by atoms with Crippen LogP contribution in [0.3, 0.4) is 0 Å². The van der Waals surface area contributed by atoms with E-state index in [0.29, 0.717) is 0 Å². The van der Waals surface area contributed by atoms with Gasteiger partial charge < -0.3 is 0 Å². The van der Waals surface area contributed by atoms with Crippen LogP contribution in [0, 0.1) is 0 Å². The molecular weight excluding hydrogens is 242 g/mol. The molecule has 0 radical (unpaired) electrons. The van der Waals surface area contributed by atoms with E-state index in [1.54, 1.807) is 0 Å². The van der Waals surface area contributed by atoms with Crippen molar-refractivity contribution in [1.82, 2.24) is 0 Å². The Morgan fingerprint density at radius 3 is 2.55 bits per heavy atom. The van der Waals surface area contributed by atoms with Crippen molar-refractivity contribution in [1.29, 1.82) is 0 Å². The number of rotatable bonds is 1. The van der Waals surface area contributed by atoms with Gasteiger partial charge in [-0.3, -0.25) is 4.99 Å². The Labute approximate surface area is 118 Å². The first kappa shape index (κ1) is 11.4. The normalized spacial score (nSPS) is 17.2. The van der Waals surface area contributed by atoms with Crippen molar-refractivity contribution in [2.24, 2.45) is 4.99 Å². The number of hydrogen-bond donors (Lipinski definition) is 0. The minimum atomic E-state index is 1.12. The summed E-state index contributed by atoms with van der Waals surface area (Å²) in [5, 5.41) is 2.58. The van der Waals surface area contributed by atoms with E-state index in [0.717, 1.165) is 11.4 Å².